The highest BCUT2D eigenvalue weighted by Gasteiger charge is 2.25. The van der Waals surface area contributed by atoms with Gasteiger partial charge in [0, 0.05) is 0 Å². The fraction of sp³-hybridized carbons (Fsp3) is 1.00. The fourth-order valence-electron chi connectivity index (χ4n) is 2.14. The minimum Gasteiger partial charge on any atom is -0.375 e. The molecule has 2 saturated carbocycles. The van der Waals surface area contributed by atoms with Crippen molar-refractivity contribution in [2.24, 2.45) is 5.92 Å². The molecule has 0 aromatic rings. The quantitative estimate of drug-likeness (QED) is 0.615. The summed E-state index contributed by atoms with van der Waals surface area (Å²) in [4.78, 5) is 0. The molecular formula is C11H20O. The van der Waals surface area contributed by atoms with Gasteiger partial charge in [0.1, 0.15) is 0 Å². The third-order valence-corrected chi connectivity index (χ3v) is 3.40. The second-order valence-electron chi connectivity index (χ2n) is 4.57. The molecule has 0 N–H and O–H groups in total. The third-order valence-electron chi connectivity index (χ3n) is 3.40. The first-order valence-electron chi connectivity index (χ1n) is 5.50. The highest BCUT2D eigenvalue weighted by molar-refractivity contribution is 4.75. The van der Waals surface area contributed by atoms with E-state index in [0.717, 1.165) is 5.92 Å². The second kappa shape index (κ2) is 3.78. The first-order chi connectivity index (χ1) is 5.84. The Hall–Kier alpha value is -0.0400. The van der Waals surface area contributed by atoms with Crippen molar-refractivity contribution in [3.05, 3.63) is 0 Å². The van der Waals surface area contributed by atoms with E-state index in [1.54, 1.807) is 0 Å². The smallest absolute Gasteiger partial charge is 0.0579 e. The Balaban J connectivity index is 1.67. The van der Waals surface area contributed by atoms with Gasteiger partial charge in [0.05, 0.1) is 12.2 Å². The molecule has 1 heteroatoms. The molecule has 0 radical (unpaired) electrons. The van der Waals surface area contributed by atoms with Crippen molar-refractivity contribution in [1.82, 2.24) is 0 Å². The molecule has 12 heavy (non-hydrogen) atoms. The second-order valence-corrected chi connectivity index (χ2v) is 4.57. The van der Waals surface area contributed by atoms with Crippen LogP contribution in [0.25, 0.3) is 0 Å². The average molecular weight is 168 g/mol. The lowest BCUT2D eigenvalue weighted by atomic mass is 9.88. The van der Waals surface area contributed by atoms with E-state index in [9.17, 15) is 0 Å². The number of hydrogen-bond acceptors (Lipinski definition) is 1. The molecule has 0 atom stereocenters. The van der Waals surface area contributed by atoms with Gasteiger partial charge >= 0.3 is 0 Å². The van der Waals surface area contributed by atoms with Gasteiger partial charge in [-0.1, -0.05) is 6.92 Å². The van der Waals surface area contributed by atoms with Gasteiger partial charge in [-0.05, 0) is 50.9 Å². The predicted molar refractivity (Wildman–Crippen MR) is 50.1 cm³/mol. The molecule has 0 amide bonds. The van der Waals surface area contributed by atoms with Crippen LogP contribution >= 0.6 is 0 Å². The molecule has 0 aliphatic heterocycles. The van der Waals surface area contributed by atoms with E-state index in [1.165, 1.54) is 44.9 Å². The van der Waals surface area contributed by atoms with Crippen LogP contribution in [0.15, 0.2) is 0 Å². The minimum absolute atomic E-state index is 0.617. The maximum atomic E-state index is 5.98. The third kappa shape index (κ3) is 2.01. The van der Waals surface area contributed by atoms with E-state index >= 15 is 0 Å². The van der Waals surface area contributed by atoms with Gasteiger partial charge in [-0.25, -0.2) is 0 Å². The van der Waals surface area contributed by atoms with Crippen LogP contribution in [0.4, 0.5) is 0 Å². The summed E-state index contributed by atoms with van der Waals surface area (Å²) >= 11 is 0. The van der Waals surface area contributed by atoms with E-state index in [4.69, 9.17) is 4.74 Å². The topological polar surface area (TPSA) is 9.23 Å². The first-order valence-corrected chi connectivity index (χ1v) is 5.50. The first kappa shape index (κ1) is 8.55. The van der Waals surface area contributed by atoms with Crippen molar-refractivity contribution in [1.29, 1.82) is 0 Å². The lowest BCUT2D eigenvalue weighted by Crippen LogP contribution is -2.30. The maximum Gasteiger partial charge on any atom is 0.0579 e. The van der Waals surface area contributed by atoms with Crippen molar-refractivity contribution in [2.45, 2.75) is 64.1 Å². The molecule has 0 spiro atoms. The molecule has 1 nitrogen and oxygen atoms in total. The van der Waals surface area contributed by atoms with Crippen molar-refractivity contribution >= 4 is 0 Å². The van der Waals surface area contributed by atoms with Gasteiger partial charge in [-0.3, -0.25) is 0 Å². The molecular weight excluding hydrogens is 148 g/mol. The monoisotopic (exact) mass is 168 g/mol. The average Bonchev–Trinajstić information content (AvgIpc) is 2.00. The van der Waals surface area contributed by atoms with Crippen LogP contribution in [0, 0.1) is 5.92 Å². The van der Waals surface area contributed by atoms with E-state index in [2.05, 4.69) is 6.92 Å². The van der Waals surface area contributed by atoms with Gasteiger partial charge in [0.2, 0.25) is 0 Å². The molecule has 2 rings (SSSR count). The predicted octanol–water partition coefficient (Wildman–Crippen LogP) is 3.13. The largest absolute Gasteiger partial charge is 0.375 e. The van der Waals surface area contributed by atoms with Crippen LogP contribution in [-0.2, 0) is 4.74 Å². The summed E-state index contributed by atoms with van der Waals surface area (Å²) in [5.74, 6) is 0.950. The molecule has 2 aliphatic rings. The Bertz CT molecular complexity index is 132. The summed E-state index contributed by atoms with van der Waals surface area (Å²) in [6.07, 6.45) is 10.7. The van der Waals surface area contributed by atoms with E-state index < -0.39 is 0 Å². The molecule has 0 bridgehead atoms. The summed E-state index contributed by atoms with van der Waals surface area (Å²) in [6, 6.07) is 0. The van der Waals surface area contributed by atoms with Gasteiger partial charge in [0.15, 0.2) is 0 Å². The van der Waals surface area contributed by atoms with Crippen LogP contribution in [0.5, 0.6) is 0 Å². The number of rotatable bonds is 2. The van der Waals surface area contributed by atoms with Crippen molar-refractivity contribution in [3.63, 3.8) is 0 Å². The Morgan fingerprint density at radius 3 is 1.92 bits per heavy atom. The maximum absolute atomic E-state index is 5.98. The molecule has 70 valence electrons. The lowest BCUT2D eigenvalue weighted by Gasteiger charge is -2.33. The van der Waals surface area contributed by atoms with Gasteiger partial charge in [0.25, 0.3) is 0 Å². The molecule has 0 aromatic carbocycles. The molecule has 0 heterocycles. The Morgan fingerprint density at radius 2 is 1.42 bits per heavy atom. The number of ether oxygens (including phenoxy) is 1. The minimum atomic E-state index is 0.617. The summed E-state index contributed by atoms with van der Waals surface area (Å²) < 4.78 is 5.98. The zero-order valence-corrected chi connectivity index (χ0v) is 8.09. The van der Waals surface area contributed by atoms with Gasteiger partial charge < -0.3 is 4.74 Å². The van der Waals surface area contributed by atoms with Gasteiger partial charge in [-0.2, -0.15) is 0 Å². The highest BCUT2D eigenvalue weighted by atomic mass is 16.5. The van der Waals surface area contributed by atoms with Crippen LogP contribution in [-0.4, -0.2) is 12.2 Å². The Morgan fingerprint density at radius 1 is 0.833 bits per heavy atom. The SMILES string of the molecule is CC1CCC(OC2CCC2)CC1. The zero-order valence-electron chi connectivity index (χ0n) is 8.09. The molecule has 0 unspecified atom stereocenters. The highest BCUT2D eigenvalue weighted by Crippen LogP contribution is 2.30. The van der Waals surface area contributed by atoms with Gasteiger partial charge in [-0.15, -0.1) is 0 Å². The summed E-state index contributed by atoms with van der Waals surface area (Å²) in [5, 5.41) is 0. The zero-order chi connectivity index (χ0) is 8.39. The lowest BCUT2D eigenvalue weighted by molar-refractivity contribution is -0.0687. The van der Waals surface area contributed by atoms with Crippen LogP contribution in [0.1, 0.15) is 51.9 Å². The number of hydrogen-bond donors (Lipinski definition) is 0. The van der Waals surface area contributed by atoms with Crippen molar-refractivity contribution < 1.29 is 4.74 Å². The summed E-state index contributed by atoms with van der Waals surface area (Å²) in [5.41, 5.74) is 0. The molecule has 0 aromatic heterocycles. The van der Waals surface area contributed by atoms with Crippen LogP contribution in [0.2, 0.25) is 0 Å². The van der Waals surface area contributed by atoms with Crippen molar-refractivity contribution in [3.8, 4) is 0 Å². The summed E-state index contributed by atoms with van der Waals surface area (Å²) in [6.45, 7) is 2.36. The normalized spacial score (nSPS) is 37.8. The Kier molecular flexibility index (Phi) is 2.69. The van der Waals surface area contributed by atoms with Crippen LogP contribution in [0.3, 0.4) is 0 Å². The Labute approximate surface area is 75.5 Å². The molecule has 0 saturated heterocycles. The van der Waals surface area contributed by atoms with E-state index in [0.29, 0.717) is 12.2 Å². The molecule has 2 aliphatic carbocycles. The fourth-order valence-corrected chi connectivity index (χ4v) is 2.14. The van der Waals surface area contributed by atoms with E-state index in [-0.39, 0.29) is 0 Å². The van der Waals surface area contributed by atoms with Crippen molar-refractivity contribution in [2.75, 3.05) is 0 Å². The summed E-state index contributed by atoms with van der Waals surface area (Å²) in [7, 11) is 0. The van der Waals surface area contributed by atoms with Crippen LogP contribution < -0.4 is 0 Å². The molecule has 2 fully saturated rings. The standard InChI is InChI=1S/C11H20O/c1-9-5-7-11(8-6-9)12-10-3-2-4-10/h9-11H,2-8H2,1H3. The van der Waals surface area contributed by atoms with E-state index in [1.807, 2.05) is 0 Å².